The maximum absolute atomic E-state index is 13.3. The summed E-state index contributed by atoms with van der Waals surface area (Å²) in [6, 6.07) is 10.2. The van der Waals surface area contributed by atoms with Crippen LogP contribution in [0.3, 0.4) is 0 Å². The molecule has 1 fully saturated rings. The molecule has 158 valence electrons. The zero-order valence-electron chi connectivity index (χ0n) is 17.5. The number of likely N-dealkylation sites (N-methyl/N-ethyl adjacent to an activating group) is 1. The Kier molecular flexibility index (Phi) is 6.38. The maximum Gasteiger partial charge on any atom is 0.253 e. The van der Waals surface area contributed by atoms with Crippen molar-refractivity contribution in [2.24, 2.45) is 5.92 Å². The summed E-state index contributed by atoms with van der Waals surface area (Å²) < 4.78 is 0. The van der Waals surface area contributed by atoms with Crippen molar-refractivity contribution in [1.82, 2.24) is 25.3 Å². The van der Waals surface area contributed by atoms with Crippen molar-refractivity contribution in [3.05, 3.63) is 59.4 Å². The average molecular weight is 408 g/mol. The first-order chi connectivity index (χ1) is 14.6. The third-order valence-electron chi connectivity index (χ3n) is 6.19. The van der Waals surface area contributed by atoms with Gasteiger partial charge in [-0.1, -0.05) is 24.3 Å². The molecule has 7 nitrogen and oxygen atoms in total. The number of hydrogen-bond donors (Lipinski definition) is 1. The van der Waals surface area contributed by atoms with E-state index in [1.54, 1.807) is 6.07 Å². The summed E-state index contributed by atoms with van der Waals surface area (Å²) in [5.74, 6) is 0.0824. The lowest BCUT2D eigenvalue weighted by Crippen LogP contribution is -2.43. The number of likely N-dealkylation sites (tertiary alicyclic amines) is 1. The van der Waals surface area contributed by atoms with Gasteiger partial charge in [-0.05, 0) is 49.9 Å². The smallest absolute Gasteiger partial charge is 0.253 e. The van der Waals surface area contributed by atoms with E-state index in [0.717, 1.165) is 51.9 Å². The van der Waals surface area contributed by atoms with Crippen molar-refractivity contribution in [3.63, 3.8) is 0 Å². The van der Waals surface area contributed by atoms with Gasteiger partial charge in [0, 0.05) is 32.2 Å². The van der Waals surface area contributed by atoms with Crippen molar-refractivity contribution in [2.75, 3.05) is 33.2 Å². The fourth-order valence-corrected chi connectivity index (χ4v) is 4.57. The van der Waals surface area contributed by atoms with E-state index in [0.29, 0.717) is 5.56 Å². The minimum absolute atomic E-state index is 0.0156. The van der Waals surface area contributed by atoms with Gasteiger partial charge >= 0.3 is 0 Å². The van der Waals surface area contributed by atoms with Gasteiger partial charge in [0.1, 0.15) is 0 Å². The van der Waals surface area contributed by atoms with Gasteiger partial charge in [-0.3, -0.25) is 9.59 Å². The molecule has 4 rings (SSSR count). The minimum atomic E-state index is -0.140. The summed E-state index contributed by atoms with van der Waals surface area (Å²) in [4.78, 5) is 30.0. The fraction of sp³-hybridized carbons (Fsp3) is 0.478. The SMILES string of the molecule is CN1C[C@@H](NC(=O)c2ccnnc2)CC[C@@H](C(=O)N2CCc3ccccc3CC2)C1. The first-order valence-electron chi connectivity index (χ1n) is 10.7. The van der Waals surface area contributed by atoms with E-state index in [4.69, 9.17) is 0 Å². The van der Waals surface area contributed by atoms with Gasteiger partial charge in [0.2, 0.25) is 5.91 Å². The Morgan fingerprint density at radius 1 is 1.00 bits per heavy atom. The molecule has 2 aliphatic heterocycles. The van der Waals surface area contributed by atoms with Crippen molar-refractivity contribution < 1.29 is 9.59 Å². The van der Waals surface area contributed by atoms with Crippen LogP contribution in [0.1, 0.15) is 34.3 Å². The van der Waals surface area contributed by atoms with Crippen molar-refractivity contribution in [1.29, 1.82) is 0 Å². The second kappa shape index (κ2) is 9.34. The van der Waals surface area contributed by atoms with Crippen LogP contribution in [0.4, 0.5) is 0 Å². The van der Waals surface area contributed by atoms with Gasteiger partial charge in [0.25, 0.3) is 5.91 Å². The summed E-state index contributed by atoms with van der Waals surface area (Å²) in [6.07, 6.45) is 6.40. The Balaban J connectivity index is 1.35. The number of hydrogen-bond acceptors (Lipinski definition) is 5. The molecule has 2 amide bonds. The minimum Gasteiger partial charge on any atom is -0.348 e. The molecule has 30 heavy (non-hydrogen) atoms. The standard InChI is InChI=1S/C23H29N5O2/c1-27-15-20(6-7-21(16-27)26-22(29)19-8-11-24-25-14-19)23(30)28-12-9-17-4-2-3-5-18(17)10-13-28/h2-5,8,11,14,20-21H,6-7,9-10,12-13,15-16H2,1H3,(H,26,29)/t20-,21+/m1/s1. The molecular formula is C23H29N5O2. The summed E-state index contributed by atoms with van der Waals surface area (Å²) in [5, 5.41) is 10.6. The number of amides is 2. The van der Waals surface area contributed by atoms with Gasteiger partial charge in [0.15, 0.2) is 0 Å². The van der Waals surface area contributed by atoms with E-state index in [-0.39, 0.29) is 23.8 Å². The number of nitrogens with zero attached hydrogens (tertiary/aromatic N) is 4. The topological polar surface area (TPSA) is 78.4 Å². The van der Waals surface area contributed by atoms with Crippen LogP contribution in [0.25, 0.3) is 0 Å². The number of aromatic nitrogens is 2. The summed E-state index contributed by atoms with van der Waals surface area (Å²) in [7, 11) is 2.02. The molecular weight excluding hydrogens is 378 g/mol. The summed E-state index contributed by atoms with van der Waals surface area (Å²) in [5.41, 5.74) is 3.23. The first kappa shape index (κ1) is 20.5. The highest BCUT2D eigenvalue weighted by atomic mass is 16.2. The quantitative estimate of drug-likeness (QED) is 0.835. The van der Waals surface area contributed by atoms with Crippen LogP contribution in [0.15, 0.2) is 42.7 Å². The number of rotatable bonds is 3. The molecule has 2 aliphatic rings. The Morgan fingerprint density at radius 2 is 1.73 bits per heavy atom. The number of carbonyl (C=O) groups is 2. The van der Waals surface area contributed by atoms with E-state index >= 15 is 0 Å². The molecule has 7 heteroatoms. The summed E-state index contributed by atoms with van der Waals surface area (Å²) >= 11 is 0. The lowest BCUT2D eigenvalue weighted by atomic mass is 10.00. The predicted octanol–water partition coefficient (Wildman–Crippen LogP) is 1.54. The molecule has 1 saturated heterocycles. The molecule has 2 atom stereocenters. The zero-order chi connectivity index (χ0) is 20.9. The second-order valence-corrected chi connectivity index (χ2v) is 8.39. The maximum atomic E-state index is 13.3. The molecule has 1 aromatic heterocycles. The number of benzene rings is 1. The van der Waals surface area contributed by atoms with E-state index in [1.807, 2.05) is 11.9 Å². The molecule has 0 bridgehead atoms. The van der Waals surface area contributed by atoms with E-state index < -0.39 is 0 Å². The van der Waals surface area contributed by atoms with Crippen LogP contribution < -0.4 is 5.32 Å². The second-order valence-electron chi connectivity index (χ2n) is 8.39. The van der Waals surface area contributed by atoms with Crippen molar-refractivity contribution >= 4 is 11.8 Å². The first-order valence-corrected chi connectivity index (χ1v) is 10.7. The molecule has 3 heterocycles. The van der Waals surface area contributed by atoms with Gasteiger partial charge in [-0.15, -0.1) is 0 Å². The average Bonchev–Trinajstić information content (AvgIpc) is 3.09. The third-order valence-corrected chi connectivity index (χ3v) is 6.19. The lowest BCUT2D eigenvalue weighted by molar-refractivity contribution is -0.136. The molecule has 0 aliphatic carbocycles. The van der Waals surface area contributed by atoms with Crippen LogP contribution in [-0.2, 0) is 17.6 Å². The predicted molar refractivity (Wildman–Crippen MR) is 114 cm³/mol. The van der Waals surface area contributed by atoms with Gasteiger partial charge in [-0.25, -0.2) is 0 Å². The van der Waals surface area contributed by atoms with Crippen LogP contribution in [0.2, 0.25) is 0 Å². The van der Waals surface area contributed by atoms with Crippen LogP contribution in [0, 0.1) is 5.92 Å². The van der Waals surface area contributed by atoms with Gasteiger partial charge in [0.05, 0.1) is 23.9 Å². The van der Waals surface area contributed by atoms with Crippen LogP contribution >= 0.6 is 0 Å². The Labute approximate surface area is 177 Å². The monoisotopic (exact) mass is 407 g/mol. The molecule has 0 unspecified atom stereocenters. The lowest BCUT2D eigenvalue weighted by Gasteiger charge is -2.27. The normalized spacial score (nSPS) is 22.5. The molecule has 0 saturated carbocycles. The highest BCUT2D eigenvalue weighted by Crippen LogP contribution is 2.22. The number of carbonyl (C=O) groups excluding carboxylic acids is 2. The van der Waals surface area contributed by atoms with Crippen LogP contribution in [0.5, 0.6) is 0 Å². The Morgan fingerprint density at radius 3 is 2.40 bits per heavy atom. The zero-order valence-corrected chi connectivity index (χ0v) is 17.5. The molecule has 1 aromatic carbocycles. The van der Waals surface area contributed by atoms with Crippen molar-refractivity contribution in [3.8, 4) is 0 Å². The highest BCUT2D eigenvalue weighted by molar-refractivity contribution is 5.93. The van der Waals surface area contributed by atoms with Gasteiger partial charge < -0.3 is 15.1 Å². The Bertz CT molecular complexity index is 861. The van der Waals surface area contributed by atoms with E-state index in [9.17, 15) is 9.59 Å². The number of nitrogens with one attached hydrogen (secondary N) is 1. The van der Waals surface area contributed by atoms with Crippen molar-refractivity contribution in [2.45, 2.75) is 31.7 Å². The molecule has 0 spiro atoms. The fourth-order valence-electron chi connectivity index (χ4n) is 4.57. The Hall–Kier alpha value is -2.80. The third kappa shape index (κ3) is 4.84. The van der Waals surface area contributed by atoms with E-state index in [1.165, 1.54) is 23.5 Å². The molecule has 0 radical (unpaired) electrons. The molecule has 1 N–H and O–H groups in total. The number of fused-ring (bicyclic) bond motifs is 1. The van der Waals surface area contributed by atoms with Crippen LogP contribution in [-0.4, -0.2) is 71.1 Å². The molecule has 2 aromatic rings. The van der Waals surface area contributed by atoms with Gasteiger partial charge in [-0.2, -0.15) is 10.2 Å². The highest BCUT2D eigenvalue weighted by Gasteiger charge is 2.31. The largest absolute Gasteiger partial charge is 0.348 e. The summed E-state index contributed by atoms with van der Waals surface area (Å²) in [6.45, 7) is 3.03. The van der Waals surface area contributed by atoms with E-state index in [2.05, 4.69) is 44.7 Å².